The molecule has 0 spiro atoms. The average Bonchev–Trinajstić information content (AvgIpc) is 3.13. The molecule has 1 aromatic rings. The normalized spacial score (nSPS) is 24.6. The van der Waals surface area contributed by atoms with Crippen molar-refractivity contribution in [3.8, 4) is 0 Å². The molecule has 0 N–H and O–H groups in total. The number of halogens is 2. The van der Waals surface area contributed by atoms with Gasteiger partial charge in [0.1, 0.15) is 5.82 Å². The molecule has 3 rings (SSSR count). The minimum Gasteiger partial charge on any atom is -0.338 e. The molecular weight excluding hydrogens is 317 g/mol. The van der Waals surface area contributed by atoms with Crippen molar-refractivity contribution in [2.45, 2.75) is 31.2 Å². The van der Waals surface area contributed by atoms with E-state index in [1.54, 1.807) is 4.90 Å². The van der Waals surface area contributed by atoms with Crippen molar-refractivity contribution in [2.75, 3.05) is 6.54 Å². The molecule has 0 bridgehead atoms. The zero-order chi connectivity index (χ0) is 15.4. The summed E-state index contributed by atoms with van der Waals surface area (Å²) in [4.78, 5) is 13.6. The number of carbonyl (C=O) groups excluding carboxylic acids is 1. The third-order valence-electron chi connectivity index (χ3n) is 4.28. The number of fused-ring (bicyclic) bond motifs is 1. The summed E-state index contributed by atoms with van der Waals surface area (Å²) < 4.78 is 36.8. The maximum absolute atomic E-state index is 14.1. The fourth-order valence-corrected chi connectivity index (χ4v) is 3.62. The van der Waals surface area contributed by atoms with Crippen LogP contribution in [0.5, 0.6) is 0 Å². The molecule has 1 saturated carbocycles. The summed E-state index contributed by atoms with van der Waals surface area (Å²) in [6.45, 7) is 2.71. The van der Waals surface area contributed by atoms with E-state index in [-0.39, 0.29) is 23.3 Å². The van der Waals surface area contributed by atoms with Gasteiger partial charge in [-0.1, -0.05) is 6.92 Å². The molecule has 7 heteroatoms. The molecule has 2 aliphatic rings. The largest absolute Gasteiger partial charge is 0.338 e. The summed E-state index contributed by atoms with van der Waals surface area (Å²) in [5, 5.41) is 0. The van der Waals surface area contributed by atoms with Crippen molar-refractivity contribution in [3.63, 3.8) is 0 Å². The van der Waals surface area contributed by atoms with Crippen molar-refractivity contribution in [3.05, 3.63) is 29.1 Å². The van der Waals surface area contributed by atoms with Gasteiger partial charge in [0.2, 0.25) is 5.91 Å². The standard InChI is InChI=1S/C14H15ClFNO3S/c1-8-4-11(8)14(18)17-3-2-9-5-10(21(15,19)20)6-13(16)12(9)7-17/h5-6,8,11H,2-4,7H2,1H3. The number of hydrogen-bond donors (Lipinski definition) is 0. The van der Waals surface area contributed by atoms with Gasteiger partial charge in [-0.05, 0) is 36.5 Å². The van der Waals surface area contributed by atoms with Gasteiger partial charge in [-0.25, -0.2) is 12.8 Å². The SMILES string of the molecule is CC1CC1C(=O)N1CCc2cc(S(=O)(=O)Cl)cc(F)c2C1. The number of rotatable bonds is 2. The lowest BCUT2D eigenvalue weighted by Crippen LogP contribution is -2.37. The van der Waals surface area contributed by atoms with Crippen LogP contribution >= 0.6 is 10.7 Å². The monoisotopic (exact) mass is 331 g/mol. The van der Waals surface area contributed by atoms with Crippen LogP contribution < -0.4 is 0 Å². The van der Waals surface area contributed by atoms with Crippen LogP contribution in [0.3, 0.4) is 0 Å². The lowest BCUT2D eigenvalue weighted by molar-refractivity contribution is -0.133. The van der Waals surface area contributed by atoms with E-state index in [1.807, 2.05) is 6.92 Å². The summed E-state index contributed by atoms with van der Waals surface area (Å²) in [6, 6.07) is 2.33. The molecule has 2 atom stereocenters. The van der Waals surface area contributed by atoms with Gasteiger partial charge >= 0.3 is 0 Å². The molecule has 1 aliphatic heterocycles. The van der Waals surface area contributed by atoms with Gasteiger partial charge in [0.15, 0.2) is 0 Å². The van der Waals surface area contributed by atoms with Crippen LogP contribution in [0, 0.1) is 17.7 Å². The van der Waals surface area contributed by atoms with E-state index >= 15 is 0 Å². The Morgan fingerprint density at radius 3 is 2.67 bits per heavy atom. The van der Waals surface area contributed by atoms with Gasteiger partial charge in [0.05, 0.1) is 4.90 Å². The Hall–Kier alpha value is -1.14. The lowest BCUT2D eigenvalue weighted by atomic mass is 9.99. The predicted molar refractivity (Wildman–Crippen MR) is 75.8 cm³/mol. The first-order chi connectivity index (χ1) is 9.77. The van der Waals surface area contributed by atoms with E-state index in [1.165, 1.54) is 6.07 Å². The first-order valence-corrected chi connectivity index (χ1v) is 9.13. The number of carbonyl (C=O) groups is 1. The molecular formula is C14H15ClFNO3S. The number of amides is 1. The van der Waals surface area contributed by atoms with Gasteiger partial charge in [0.25, 0.3) is 9.05 Å². The van der Waals surface area contributed by atoms with Gasteiger partial charge in [-0.2, -0.15) is 0 Å². The van der Waals surface area contributed by atoms with Gasteiger partial charge in [0, 0.05) is 35.3 Å². The van der Waals surface area contributed by atoms with Crippen molar-refractivity contribution in [1.29, 1.82) is 0 Å². The van der Waals surface area contributed by atoms with E-state index in [9.17, 15) is 17.6 Å². The number of hydrogen-bond acceptors (Lipinski definition) is 3. The van der Waals surface area contributed by atoms with Crippen LogP contribution in [0.15, 0.2) is 17.0 Å². The molecule has 0 saturated heterocycles. The third-order valence-corrected chi connectivity index (χ3v) is 5.61. The number of benzene rings is 1. The first-order valence-electron chi connectivity index (χ1n) is 6.82. The second kappa shape index (κ2) is 4.95. The Kier molecular flexibility index (Phi) is 3.48. The molecule has 21 heavy (non-hydrogen) atoms. The molecule has 0 radical (unpaired) electrons. The van der Waals surface area contributed by atoms with E-state index in [0.717, 1.165) is 12.5 Å². The predicted octanol–water partition coefficient (Wildman–Crippen LogP) is 2.29. The highest BCUT2D eigenvalue weighted by atomic mass is 35.7. The van der Waals surface area contributed by atoms with E-state index in [4.69, 9.17) is 10.7 Å². The molecule has 1 aliphatic carbocycles. The van der Waals surface area contributed by atoms with Crippen LogP contribution in [-0.2, 0) is 26.8 Å². The zero-order valence-corrected chi connectivity index (χ0v) is 13.0. The average molecular weight is 332 g/mol. The smallest absolute Gasteiger partial charge is 0.261 e. The van der Waals surface area contributed by atoms with Crippen LogP contribution in [0.25, 0.3) is 0 Å². The van der Waals surface area contributed by atoms with Crippen LogP contribution in [0.4, 0.5) is 4.39 Å². The molecule has 4 nitrogen and oxygen atoms in total. The fourth-order valence-electron chi connectivity index (χ4n) is 2.82. The summed E-state index contributed by atoms with van der Waals surface area (Å²) in [5.41, 5.74) is 1.01. The summed E-state index contributed by atoms with van der Waals surface area (Å²) in [5.74, 6) is -0.0701. The lowest BCUT2D eigenvalue weighted by Gasteiger charge is -2.29. The quantitative estimate of drug-likeness (QED) is 0.781. The van der Waals surface area contributed by atoms with Gasteiger partial charge in [-0.15, -0.1) is 0 Å². The van der Waals surface area contributed by atoms with Gasteiger partial charge in [-0.3, -0.25) is 4.79 Å². The maximum atomic E-state index is 14.1. The van der Waals surface area contributed by atoms with Crippen molar-refractivity contribution < 1.29 is 17.6 Å². The maximum Gasteiger partial charge on any atom is 0.261 e. The first kappa shape index (κ1) is 14.8. The molecule has 1 fully saturated rings. The molecule has 0 aromatic heterocycles. The van der Waals surface area contributed by atoms with Crippen molar-refractivity contribution in [2.24, 2.45) is 11.8 Å². The highest BCUT2D eigenvalue weighted by Crippen LogP contribution is 2.40. The Bertz CT molecular complexity index is 719. The van der Waals surface area contributed by atoms with Crippen molar-refractivity contribution in [1.82, 2.24) is 4.90 Å². The second-order valence-corrected chi connectivity index (χ2v) is 8.38. The Balaban J connectivity index is 1.88. The highest BCUT2D eigenvalue weighted by Gasteiger charge is 2.42. The van der Waals surface area contributed by atoms with E-state index < -0.39 is 14.9 Å². The number of nitrogens with zero attached hydrogens (tertiary/aromatic N) is 1. The van der Waals surface area contributed by atoms with Crippen LogP contribution in [-0.4, -0.2) is 25.8 Å². The highest BCUT2D eigenvalue weighted by molar-refractivity contribution is 8.13. The van der Waals surface area contributed by atoms with Crippen LogP contribution in [0.2, 0.25) is 0 Å². The van der Waals surface area contributed by atoms with E-state index in [2.05, 4.69) is 0 Å². The van der Waals surface area contributed by atoms with Gasteiger partial charge < -0.3 is 4.90 Å². The zero-order valence-electron chi connectivity index (χ0n) is 11.5. The minimum absolute atomic E-state index is 0.0668. The summed E-state index contributed by atoms with van der Waals surface area (Å²) in [6.07, 6.45) is 1.34. The second-order valence-electron chi connectivity index (χ2n) is 5.81. The van der Waals surface area contributed by atoms with Crippen LogP contribution in [0.1, 0.15) is 24.5 Å². The topological polar surface area (TPSA) is 54.5 Å². The molecule has 1 heterocycles. The fraction of sp³-hybridized carbons (Fsp3) is 0.500. The minimum atomic E-state index is -3.95. The summed E-state index contributed by atoms with van der Waals surface area (Å²) in [7, 11) is 1.31. The third kappa shape index (κ3) is 2.79. The Labute approximate surface area is 127 Å². The molecule has 1 aromatic carbocycles. The Morgan fingerprint density at radius 2 is 2.10 bits per heavy atom. The van der Waals surface area contributed by atoms with E-state index in [0.29, 0.717) is 30.0 Å². The molecule has 1 amide bonds. The molecule has 114 valence electrons. The Morgan fingerprint density at radius 1 is 1.43 bits per heavy atom. The van der Waals surface area contributed by atoms with Crippen molar-refractivity contribution >= 4 is 25.6 Å². The molecule has 2 unspecified atom stereocenters. The summed E-state index contributed by atoms with van der Waals surface area (Å²) >= 11 is 0.